The Balaban J connectivity index is 1.76. The van der Waals surface area contributed by atoms with E-state index >= 15 is 0 Å². The van der Waals surface area contributed by atoms with Gasteiger partial charge in [-0.2, -0.15) is 10.2 Å². The van der Waals surface area contributed by atoms with Crippen LogP contribution in [0.2, 0.25) is 0 Å². The molecule has 0 unspecified atom stereocenters. The molecular weight excluding hydrogens is 352 g/mol. The van der Waals surface area contributed by atoms with E-state index in [0.29, 0.717) is 12.4 Å². The molecule has 0 aliphatic heterocycles. The van der Waals surface area contributed by atoms with E-state index in [2.05, 4.69) is 46.1 Å². The second-order valence-corrected chi connectivity index (χ2v) is 8.01. The molecule has 28 heavy (non-hydrogen) atoms. The van der Waals surface area contributed by atoms with Crippen molar-refractivity contribution in [2.75, 3.05) is 11.4 Å². The van der Waals surface area contributed by atoms with Crippen molar-refractivity contribution >= 4 is 23.0 Å². The molecule has 0 fully saturated rings. The highest BCUT2D eigenvalue weighted by molar-refractivity contribution is 5.96. The van der Waals surface area contributed by atoms with Crippen LogP contribution in [0, 0.1) is 5.41 Å². The smallest absolute Gasteiger partial charge is 0.214 e. The summed E-state index contributed by atoms with van der Waals surface area (Å²) >= 11 is 0. The van der Waals surface area contributed by atoms with Crippen molar-refractivity contribution < 1.29 is 4.79 Å². The van der Waals surface area contributed by atoms with Crippen LogP contribution in [0.5, 0.6) is 0 Å². The monoisotopic (exact) mass is 374 g/mol. The van der Waals surface area contributed by atoms with Crippen molar-refractivity contribution in [2.45, 2.75) is 20.8 Å². The maximum Gasteiger partial charge on any atom is 0.214 e. The highest BCUT2D eigenvalue weighted by Gasteiger charge is 2.18. The van der Waals surface area contributed by atoms with Crippen molar-refractivity contribution in [3.63, 3.8) is 0 Å². The molecular formula is C21H22N6O. The topological polar surface area (TPSA) is 90.6 Å². The number of fused-ring (bicyclic) bond motifs is 1. The van der Waals surface area contributed by atoms with Gasteiger partial charge >= 0.3 is 0 Å². The van der Waals surface area contributed by atoms with Crippen LogP contribution >= 0.6 is 0 Å². The Morgan fingerprint density at radius 2 is 1.93 bits per heavy atom. The van der Waals surface area contributed by atoms with Crippen LogP contribution in [0.1, 0.15) is 20.8 Å². The lowest BCUT2D eigenvalue weighted by Crippen LogP contribution is -2.31. The first kappa shape index (κ1) is 17.9. The van der Waals surface area contributed by atoms with Crippen LogP contribution in [0.25, 0.3) is 33.5 Å². The molecule has 0 aliphatic rings. The van der Waals surface area contributed by atoms with Gasteiger partial charge in [-0.3, -0.25) is 15.0 Å². The quantitative estimate of drug-likeness (QED) is 0.516. The zero-order chi connectivity index (χ0) is 19.7. The summed E-state index contributed by atoms with van der Waals surface area (Å²) in [4.78, 5) is 17.6. The third kappa shape index (κ3) is 3.51. The van der Waals surface area contributed by atoms with Gasteiger partial charge in [-0.15, -0.1) is 0 Å². The number of aromatic amines is 2. The number of carbonyl (C=O) groups is 1. The molecule has 7 nitrogen and oxygen atoms in total. The number of carbonyl (C=O) groups excluding carboxylic acids is 1. The predicted octanol–water partition coefficient (Wildman–Crippen LogP) is 4.02. The Bertz CT molecular complexity index is 1110. The van der Waals surface area contributed by atoms with E-state index < -0.39 is 0 Å². The van der Waals surface area contributed by atoms with Gasteiger partial charge in [-0.05, 0) is 35.7 Å². The van der Waals surface area contributed by atoms with E-state index in [0.717, 1.165) is 39.8 Å². The van der Waals surface area contributed by atoms with Gasteiger partial charge < -0.3 is 4.90 Å². The number of amides is 1. The minimum atomic E-state index is 0.00191. The third-order valence-electron chi connectivity index (χ3n) is 4.47. The Hall–Kier alpha value is -3.48. The number of nitrogens with zero attached hydrogens (tertiary/aromatic N) is 4. The van der Waals surface area contributed by atoms with E-state index in [-0.39, 0.29) is 5.41 Å². The van der Waals surface area contributed by atoms with Crippen molar-refractivity contribution in [1.82, 2.24) is 25.4 Å². The van der Waals surface area contributed by atoms with Crippen LogP contribution in [-0.2, 0) is 4.79 Å². The molecule has 2 aromatic heterocycles. The second kappa shape index (κ2) is 6.92. The summed E-state index contributed by atoms with van der Waals surface area (Å²) in [6, 6.07) is 13.9. The maximum absolute atomic E-state index is 11.7. The van der Waals surface area contributed by atoms with Gasteiger partial charge in [0.25, 0.3) is 0 Å². The van der Waals surface area contributed by atoms with Gasteiger partial charge in [0, 0.05) is 28.7 Å². The minimum Gasteiger partial charge on any atom is -0.314 e. The molecule has 4 aromatic rings. The van der Waals surface area contributed by atoms with E-state index in [1.54, 1.807) is 4.90 Å². The number of hydrogen-bond acceptors (Lipinski definition) is 4. The second-order valence-electron chi connectivity index (χ2n) is 8.01. The number of nitrogens with one attached hydrogen (secondary N) is 2. The summed E-state index contributed by atoms with van der Waals surface area (Å²) < 4.78 is 0. The first-order chi connectivity index (χ1) is 13.4. The lowest BCUT2D eigenvalue weighted by atomic mass is 9.96. The average molecular weight is 374 g/mol. The predicted molar refractivity (Wildman–Crippen MR) is 110 cm³/mol. The van der Waals surface area contributed by atoms with Gasteiger partial charge in [-0.1, -0.05) is 32.9 Å². The highest BCUT2D eigenvalue weighted by atomic mass is 16.1. The first-order valence-corrected chi connectivity index (χ1v) is 9.11. The zero-order valence-corrected chi connectivity index (χ0v) is 16.1. The molecule has 2 heterocycles. The molecule has 142 valence electrons. The number of H-pyrrole nitrogens is 2. The highest BCUT2D eigenvalue weighted by Crippen LogP contribution is 2.31. The normalized spacial score (nSPS) is 11.7. The van der Waals surface area contributed by atoms with Crippen LogP contribution in [0.4, 0.5) is 5.69 Å². The lowest BCUT2D eigenvalue weighted by Gasteiger charge is -2.27. The average Bonchev–Trinajstić information content (AvgIpc) is 3.34. The fraction of sp³-hybridized carbons (Fsp3) is 0.238. The summed E-state index contributed by atoms with van der Waals surface area (Å²) in [5, 5.41) is 15.4. The van der Waals surface area contributed by atoms with Crippen molar-refractivity contribution in [3.05, 3.63) is 48.8 Å². The molecule has 1 amide bonds. The van der Waals surface area contributed by atoms with Gasteiger partial charge in [0.05, 0.1) is 11.2 Å². The fourth-order valence-corrected chi connectivity index (χ4v) is 3.26. The molecule has 2 N–H and O–H groups in total. The van der Waals surface area contributed by atoms with Gasteiger partial charge in [0.1, 0.15) is 6.33 Å². The third-order valence-corrected chi connectivity index (χ3v) is 4.47. The Labute approximate surface area is 162 Å². The summed E-state index contributed by atoms with van der Waals surface area (Å²) in [5.41, 5.74) is 4.50. The van der Waals surface area contributed by atoms with E-state index in [1.807, 2.05) is 42.5 Å². The Kier molecular flexibility index (Phi) is 4.43. The zero-order valence-electron chi connectivity index (χ0n) is 16.1. The Morgan fingerprint density at radius 1 is 1.07 bits per heavy atom. The summed E-state index contributed by atoms with van der Waals surface area (Å²) in [7, 11) is 0. The van der Waals surface area contributed by atoms with Gasteiger partial charge in [0.2, 0.25) is 6.41 Å². The summed E-state index contributed by atoms with van der Waals surface area (Å²) in [6.07, 6.45) is 2.37. The molecule has 2 aromatic carbocycles. The van der Waals surface area contributed by atoms with Crippen molar-refractivity contribution in [3.8, 4) is 22.6 Å². The van der Waals surface area contributed by atoms with E-state index in [9.17, 15) is 4.79 Å². The molecule has 0 spiro atoms. The van der Waals surface area contributed by atoms with E-state index in [4.69, 9.17) is 0 Å². The number of hydrogen-bond donors (Lipinski definition) is 2. The molecule has 0 saturated heterocycles. The molecule has 0 atom stereocenters. The molecule has 7 heteroatoms. The lowest BCUT2D eigenvalue weighted by molar-refractivity contribution is -0.107. The number of aromatic nitrogens is 5. The molecule has 0 radical (unpaired) electrons. The minimum absolute atomic E-state index is 0.00191. The number of benzene rings is 2. The molecule has 4 rings (SSSR count). The maximum atomic E-state index is 11.7. The van der Waals surface area contributed by atoms with Crippen LogP contribution in [-0.4, -0.2) is 38.3 Å². The van der Waals surface area contributed by atoms with Crippen molar-refractivity contribution in [2.24, 2.45) is 5.41 Å². The summed E-state index contributed by atoms with van der Waals surface area (Å²) in [5.74, 6) is 0.708. The van der Waals surface area contributed by atoms with E-state index in [1.165, 1.54) is 6.33 Å². The molecule has 0 bridgehead atoms. The van der Waals surface area contributed by atoms with Gasteiger partial charge in [-0.25, -0.2) is 4.98 Å². The van der Waals surface area contributed by atoms with Crippen LogP contribution in [0.15, 0.2) is 48.8 Å². The molecule has 0 saturated carbocycles. The first-order valence-electron chi connectivity index (χ1n) is 9.11. The van der Waals surface area contributed by atoms with Gasteiger partial charge in [0.15, 0.2) is 5.82 Å². The van der Waals surface area contributed by atoms with Crippen LogP contribution < -0.4 is 4.90 Å². The largest absolute Gasteiger partial charge is 0.314 e. The van der Waals surface area contributed by atoms with Crippen molar-refractivity contribution in [1.29, 1.82) is 0 Å². The number of rotatable bonds is 5. The fourth-order valence-electron chi connectivity index (χ4n) is 3.26. The molecule has 0 aliphatic carbocycles. The SMILES string of the molecule is CC(C)(C)CN(C=O)c1cccc(-c2n[nH]c3ccc(-c4ncn[nH]4)cc23)c1. The Morgan fingerprint density at radius 3 is 2.64 bits per heavy atom. The summed E-state index contributed by atoms with van der Waals surface area (Å²) in [6.45, 7) is 6.97. The standard InChI is InChI=1S/C21H22N6O/c1-21(2,3)11-27(13-28)16-6-4-5-14(9-16)19-17-10-15(20-22-12-23-26-20)7-8-18(17)24-25-19/h4-10,12-13H,11H2,1-3H3,(H,24,25)(H,22,23,26). The van der Waals surface area contributed by atoms with Crippen LogP contribution in [0.3, 0.4) is 0 Å². The number of anilines is 1.